The molecule has 3 heterocycles. The molecule has 1 saturated heterocycles. The number of anilines is 2. The monoisotopic (exact) mass is 520 g/mol. The Morgan fingerprint density at radius 1 is 1.05 bits per heavy atom. The maximum Gasteiger partial charge on any atom is 0.266 e. The van der Waals surface area contributed by atoms with Crippen LogP contribution in [0.2, 0.25) is 5.02 Å². The van der Waals surface area contributed by atoms with E-state index in [0.717, 1.165) is 5.69 Å². The molecule has 2 amide bonds. The van der Waals surface area contributed by atoms with Crippen LogP contribution in [0.25, 0.3) is 0 Å². The molecule has 0 spiro atoms. The summed E-state index contributed by atoms with van der Waals surface area (Å²) in [6, 6.07) is 16.3. The lowest BCUT2D eigenvalue weighted by atomic mass is 9.86. The summed E-state index contributed by atoms with van der Waals surface area (Å²) >= 11 is 6.35. The van der Waals surface area contributed by atoms with Crippen molar-refractivity contribution in [2.75, 3.05) is 43.0 Å². The number of ether oxygens (including phenoxy) is 2. The van der Waals surface area contributed by atoms with E-state index in [2.05, 4.69) is 15.2 Å². The third kappa shape index (κ3) is 4.86. The normalized spacial score (nSPS) is 19.1. The summed E-state index contributed by atoms with van der Waals surface area (Å²) in [5.74, 6) is -0.0574. The van der Waals surface area contributed by atoms with E-state index in [0.29, 0.717) is 53.8 Å². The second-order valence-electron chi connectivity index (χ2n) is 9.35. The van der Waals surface area contributed by atoms with E-state index in [1.165, 1.54) is 0 Å². The van der Waals surface area contributed by atoms with Crippen LogP contribution in [0.15, 0.2) is 67.0 Å². The molecule has 0 saturated carbocycles. The zero-order chi connectivity index (χ0) is 26.0. The number of hydrogen-bond acceptors (Lipinski definition) is 6. The number of nitrogens with zero attached hydrogens (tertiary/aromatic N) is 3. The average molecular weight is 521 g/mol. The number of amides is 2. The Morgan fingerprint density at radius 2 is 1.78 bits per heavy atom. The standard InChI is InChI=1S/C28H29ClN4O4/c1-19(2)37-25-6-4-3-5-22(25)28(23-17-20(29)7-8-24(23)31-27(28)35)36-18-26(34)33-15-13-32(14-16-33)21-9-11-30-12-10-21/h3-12,17,19H,13-16,18H2,1-2H3,(H,31,35). The first-order chi connectivity index (χ1) is 17.9. The van der Waals surface area contributed by atoms with Crippen molar-refractivity contribution in [1.82, 2.24) is 9.88 Å². The van der Waals surface area contributed by atoms with E-state index < -0.39 is 5.60 Å². The second kappa shape index (κ2) is 10.4. The summed E-state index contributed by atoms with van der Waals surface area (Å²) in [6.45, 7) is 6.07. The van der Waals surface area contributed by atoms with Gasteiger partial charge in [0.05, 0.1) is 6.10 Å². The maximum absolute atomic E-state index is 13.6. The molecule has 37 heavy (non-hydrogen) atoms. The van der Waals surface area contributed by atoms with Crippen LogP contribution in [-0.2, 0) is 19.9 Å². The summed E-state index contributed by atoms with van der Waals surface area (Å²) in [4.78, 5) is 35.0. The Kier molecular flexibility index (Phi) is 7.04. The van der Waals surface area contributed by atoms with Crippen molar-refractivity contribution in [3.05, 3.63) is 83.1 Å². The first-order valence-corrected chi connectivity index (χ1v) is 12.7. The number of rotatable bonds is 7. The lowest BCUT2D eigenvalue weighted by Gasteiger charge is -2.37. The number of para-hydroxylation sites is 1. The highest BCUT2D eigenvalue weighted by molar-refractivity contribution is 6.31. The molecule has 9 heteroatoms. The average Bonchev–Trinajstić information content (AvgIpc) is 3.18. The van der Waals surface area contributed by atoms with Crippen LogP contribution in [0, 0.1) is 0 Å². The summed E-state index contributed by atoms with van der Waals surface area (Å²) in [5, 5.41) is 3.37. The molecule has 1 atom stereocenters. The highest BCUT2D eigenvalue weighted by Gasteiger charge is 2.52. The number of piperazine rings is 1. The van der Waals surface area contributed by atoms with Gasteiger partial charge in [-0.3, -0.25) is 14.6 Å². The van der Waals surface area contributed by atoms with Crippen LogP contribution < -0.4 is 15.0 Å². The van der Waals surface area contributed by atoms with Gasteiger partial charge >= 0.3 is 0 Å². The van der Waals surface area contributed by atoms with Gasteiger partial charge < -0.3 is 24.6 Å². The molecule has 1 unspecified atom stereocenters. The summed E-state index contributed by atoms with van der Waals surface area (Å²) in [6.07, 6.45) is 3.40. The smallest absolute Gasteiger partial charge is 0.266 e. The summed E-state index contributed by atoms with van der Waals surface area (Å²) < 4.78 is 12.4. The Balaban J connectivity index is 1.41. The van der Waals surface area contributed by atoms with E-state index >= 15 is 0 Å². The minimum atomic E-state index is -1.58. The van der Waals surface area contributed by atoms with E-state index in [4.69, 9.17) is 21.1 Å². The topological polar surface area (TPSA) is 84.0 Å². The summed E-state index contributed by atoms with van der Waals surface area (Å²) in [5.41, 5.74) is 1.17. The third-order valence-electron chi connectivity index (χ3n) is 6.63. The van der Waals surface area contributed by atoms with Crippen LogP contribution in [0.1, 0.15) is 25.0 Å². The molecule has 192 valence electrons. The van der Waals surface area contributed by atoms with Gasteiger partial charge in [-0.15, -0.1) is 0 Å². The fourth-order valence-electron chi connectivity index (χ4n) is 4.88. The van der Waals surface area contributed by atoms with Gasteiger partial charge in [0.15, 0.2) is 0 Å². The van der Waals surface area contributed by atoms with Crippen molar-refractivity contribution in [1.29, 1.82) is 0 Å². The largest absolute Gasteiger partial charge is 0.491 e. The molecule has 2 aliphatic rings. The van der Waals surface area contributed by atoms with Crippen molar-refractivity contribution in [3.8, 4) is 5.75 Å². The fraction of sp³-hybridized carbons (Fsp3) is 0.321. The predicted molar refractivity (Wildman–Crippen MR) is 142 cm³/mol. The van der Waals surface area contributed by atoms with Crippen molar-refractivity contribution < 1.29 is 19.1 Å². The molecule has 1 N–H and O–H groups in total. The van der Waals surface area contributed by atoms with Crippen molar-refractivity contribution >= 4 is 34.8 Å². The van der Waals surface area contributed by atoms with Crippen LogP contribution in [0.5, 0.6) is 5.75 Å². The fourth-order valence-corrected chi connectivity index (χ4v) is 5.05. The lowest BCUT2D eigenvalue weighted by Crippen LogP contribution is -2.51. The van der Waals surface area contributed by atoms with E-state index in [1.807, 2.05) is 38.1 Å². The Bertz CT molecular complexity index is 1290. The molecular weight excluding hydrogens is 492 g/mol. The van der Waals surface area contributed by atoms with Crippen LogP contribution >= 0.6 is 11.6 Å². The van der Waals surface area contributed by atoms with Gasteiger partial charge in [-0.1, -0.05) is 29.8 Å². The number of aromatic nitrogens is 1. The second-order valence-corrected chi connectivity index (χ2v) is 9.79. The quantitative estimate of drug-likeness (QED) is 0.505. The molecule has 2 aliphatic heterocycles. The maximum atomic E-state index is 13.6. The van der Waals surface area contributed by atoms with Gasteiger partial charge in [0, 0.05) is 66.1 Å². The molecule has 0 radical (unpaired) electrons. The number of halogens is 1. The molecule has 5 rings (SSSR count). The highest BCUT2D eigenvalue weighted by atomic mass is 35.5. The number of pyridine rings is 1. The van der Waals surface area contributed by atoms with Crippen molar-refractivity contribution in [2.45, 2.75) is 25.6 Å². The van der Waals surface area contributed by atoms with Crippen LogP contribution in [0.4, 0.5) is 11.4 Å². The van der Waals surface area contributed by atoms with E-state index in [9.17, 15) is 9.59 Å². The third-order valence-corrected chi connectivity index (χ3v) is 6.87. The molecule has 0 bridgehead atoms. The molecule has 2 aromatic carbocycles. The van der Waals surface area contributed by atoms with Gasteiger partial charge in [0.2, 0.25) is 11.5 Å². The Labute approximate surface area is 221 Å². The molecule has 3 aromatic rings. The SMILES string of the molecule is CC(C)Oc1ccccc1C1(OCC(=O)N2CCN(c3ccncc3)CC2)C(=O)Nc2ccc(Cl)cc21. The van der Waals surface area contributed by atoms with E-state index in [-0.39, 0.29) is 24.5 Å². The number of carbonyl (C=O) groups excluding carboxylic acids is 2. The lowest BCUT2D eigenvalue weighted by molar-refractivity contribution is -0.148. The van der Waals surface area contributed by atoms with Gasteiger partial charge in [-0.2, -0.15) is 0 Å². The minimum Gasteiger partial charge on any atom is -0.491 e. The summed E-state index contributed by atoms with van der Waals surface area (Å²) in [7, 11) is 0. The first kappa shape index (κ1) is 25.0. The van der Waals surface area contributed by atoms with Crippen LogP contribution in [0.3, 0.4) is 0 Å². The zero-order valence-corrected chi connectivity index (χ0v) is 21.6. The van der Waals surface area contributed by atoms with Gasteiger partial charge in [0.1, 0.15) is 12.4 Å². The Morgan fingerprint density at radius 3 is 2.51 bits per heavy atom. The number of hydrogen-bond donors (Lipinski definition) is 1. The highest BCUT2D eigenvalue weighted by Crippen LogP contribution is 2.47. The minimum absolute atomic E-state index is 0.125. The molecular formula is C28H29ClN4O4. The molecule has 1 aromatic heterocycles. The van der Waals surface area contributed by atoms with E-state index in [1.54, 1.807) is 47.6 Å². The van der Waals surface area contributed by atoms with Gasteiger partial charge in [0.25, 0.3) is 5.91 Å². The van der Waals surface area contributed by atoms with Gasteiger partial charge in [-0.25, -0.2) is 0 Å². The number of benzene rings is 2. The first-order valence-electron chi connectivity index (χ1n) is 12.3. The predicted octanol–water partition coefficient (Wildman–Crippen LogP) is 4.08. The molecule has 8 nitrogen and oxygen atoms in total. The van der Waals surface area contributed by atoms with Crippen molar-refractivity contribution in [2.24, 2.45) is 0 Å². The number of carbonyl (C=O) groups is 2. The van der Waals surface area contributed by atoms with Gasteiger partial charge in [-0.05, 0) is 50.2 Å². The van der Waals surface area contributed by atoms with Crippen LogP contribution in [-0.4, -0.2) is 60.6 Å². The number of nitrogens with one attached hydrogen (secondary N) is 1. The number of fused-ring (bicyclic) bond motifs is 1. The Hall–Kier alpha value is -3.62. The molecule has 0 aliphatic carbocycles. The van der Waals surface area contributed by atoms with Crippen molar-refractivity contribution in [3.63, 3.8) is 0 Å². The zero-order valence-electron chi connectivity index (χ0n) is 20.8. The molecule has 1 fully saturated rings.